The van der Waals surface area contributed by atoms with Crippen molar-refractivity contribution < 1.29 is 14.3 Å². The largest absolute Gasteiger partial charge is 0.444 e. The van der Waals surface area contributed by atoms with Crippen molar-refractivity contribution in [1.82, 2.24) is 5.32 Å². The summed E-state index contributed by atoms with van der Waals surface area (Å²) in [5.41, 5.74) is -0.534. The topological polar surface area (TPSA) is 55.4 Å². The van der Waals surface area contributed by atoms with E-state index in [4.69, 9.17) is 16.3 Å². The molecular formula is C18H24ClNO3. The van der Waals surface area contributed by atoms with Gasteiger partial charge in [0.25, 0.3) is 0 Å². The summed E-state index contributed by atoms with van der Waals surface area (Å²) in [7, 11) is 0. The monoisotopic (exact) mass is 337 g/mol. The van der Waals surface area contributed by atoms with Crippen molar-refractivity contribution in [3.8, 4) is 0 Å². The highest BCUT2D eigenvalue weighted by Crippen LogP contribution is 2.39. The van der Waals surface area contributed by atoms with Crippen LogP contribution < -0.4 is 5.32 Å². The zero-order valence-electron chi connectivity index (χ0n) is 13.9. The molecule has 5 heteroatoms. The molecular weight excluding hydrogens is 314 g/mol. The molecule has 0 bridgehead atoms. The second-order valence-corrected chi connectivity index (χ2v) is 7.45. The Morgan fingerprint density at radius 2 is 2.00 bits per heavy atom. The first-order valence-electron chi connectivity index (χ1n) is 8.00. The van der Waals surface area contributed by atoms with Gasteiger partial charge in [0.15, 0.2) is 0 Å². The molecule has 1 saturated carbocycles. The molecule has 0 aliphatic heterocycles. The van der Waals surface area contributed by atoms with Crippen LogP contribution in [0.2, 0.25) is 5.02 Å². The maximum absolute atomic E-state index is 12.7. The molecule has 1 aliphatic carbocycles. The zero-order chi connectivity index (χ0) is 17.1. The van der Waals surface area contributed by atoms with Gasteiger partial charge in [-0.05, 0) is 45.2 Å². The smallest absolute Gasteiger partial charge is 0.407 e. The summed E-state index contributed by atoms with van der Waals surface area (Å²) in [6.45, 7) is 5.64. The molecule has 2 rings (SSSR count). The fourth-order valence-electron chi connectivity index (χ4n) is 3.04. The first-order valence-corrected chi connectivity index (χ1v) is 8.38. The molecule has 0 saturated heterocycles. The van der Waals surface area contributed by atoms with Crippen LogP contribution in [-0.4, -0.2) is 24.0 Å². The van der Waals surface area contributed by atoms with Crippen LogP contribution in [0.3, 0.4) is 0 Å². The summed E-state index contributed by atoms with van der Waals surface area (Å²) in [4.78, 5) is 24.7. The zero-order valence-corrected chi connectivity index (χ0v) is 14.7. The average Bonchev–Trinajstić information content (AvgIpc) is 2.46. The molecule has 1 amide bonds. The van der Waals surface area contributed by atoms with Crippen molar-refractivity contribution in [2.45, 2.75) is 57.5 Å². The van der Waals surface area contributed by atoms with Crippen molar-refractivity contribution >= 4 is 23.5 Å². The van der Waals surface area contributed by atoms with Gasteiger partial charge in [-0.15, -0.1) is 0 Å². The minimum atomic E-state index is -0.756. The van der Waals surface area contributed by atoms with Crippen LogP contribution in [0.15, 0.2) is 24.3 Å². The number of carbonyl (C=O) groups excluding carboxylic acids is 2. The van der Waals surface area contributed by atoms with Crippen LogP contribution in [-0.2, 0) is 14.9 Å². The quantitative estimate of drug-likeness (QED) is 0.897. The highest BCUT2D eigenvalue weighted by Gasteiger charge is 2.43. The van der Waals surface area contributed by atoms with Crippen LogP contribution >= 0.6 is 11.6 Å². The Bertz CT molecular complexity index is 594. The molecule has 0 radical (unpaired) electrons. The molecule has 1 aromatic carbocycles. The lowest BCUT2D eigenvalue weighted by atomic mass is 9.68. The van der Waals surface area contributed by atoms with E-state index >= 15 is 0 Å². The van der Waals surface area contributed by atoms with Crippen LogP contribution in [0.4, 0.5) is 4.79 Å². The number of alkyl carbamates (subject to hydrolysis) is 1. The second-order valence-electron chi connectivity index (χ2n) is 7.05. The fraction of sp³-hybridized carbons (Fsp3) is 0.556. The number of hydrogen-bond acceptors (Lipinski definition) is 3. The molecule has 0 aromatic heterocycles. The van der Waals surface area contributed by atoms with E-state index < -0.39 is 17.1 Å². The average molecular weight is 338 g/mol. The van der Waals surface area contributed by atoms with Crippen LogP contribution in [0.5, 0.6) is 0 Å². The van der Waals surface area contributed by atoms with Gasteiger partial charge in [0.05, 0.1) is 5.41 Å². The van der Waals surface area contributed by atoms with Crippen molar-refractivity contribution in [2.24, 2.45) is 0 Å². The number of halogens is 1. The number of ether oxygens (including phenoxy) is 1. The highest BCUT2D eigenvalue weighted by atomic mass is 35.5. The molecule has 1 atom stereocenters. The number of benzene rings is 1. The van der Waals surface area contributed by atoms with Crippen LogP contribution in [0.1, 0.15) is 52.0 Å². The third kappa shape index (κ3) is 4.25. The maximum atomic E-state index is 12.7. The Hall–Kier alpha value is -1.55. The van der Waals surface area contributed by atoms with Crippen molar-refractivity contribution in [2.75, 3.05) is 6.54 Å². The number of rotatable bonds is 3. The summed E-state index contributed by atoms with van der Waals surface area (Å²) in [5.74, 6) is 0.132. The van der Waals surface area contributed by atoms with Gasteiger partial charge >= 0.3 is 6.09 Å². The Labute approximate surface area is 142 Å². The summed E-state index contributed by atoms with van der Waals surface area (Å²) in [6.07, 6.45) is 2.51. The van der Waals surface area contributed by atoms with E-state index in [1.807, 2.05) is 39.0 Å². The predicted molar refractivity (Wildman–Crippen MR) is 90.8 cm³/mol. The van der Waals surface area contributed by atoms with Gasteiger partial charge < -0.3 is 10.1 Å². The van der Waals surface area contributed by atoms with E-state index in [1.165, 1.54) is 0 Å². The summed E-state index contributed by atoms with van der Waals surface area (Å²) >= 11 is 6.34. The number of nitrogens with one attached hydrogen (secondary N) is 1. The van der Waals surface area contributed by atoms with Crippen LogP contribution in [0, 0.1) is 0 Å². The van der Waals surface area contributed by atoms with Gasteiger partial charge in [0, 0.05) is 18.0 Å². The van der Waals surface area contributed by atoms with E-state index in [2.05, 4.69) is 5.32 Å². The van der Waals surface area contributed by atoms with E-state index in [0.29, 0.717) is 17.9 Å². The minimum absolute atomic E-state index is 0.132. The SMILES string of the molecule is CC(C)(C)OC(=O)NC[C@@]1(c2ccccc2Cl)CCCCC1=O. The van der Waals surface area contributed by atoms with Crippen molar-refractivity contribution in [1.29, 1.82) is 0 Å². The normalized spacial score (nSPS) is 21.8. The number of amides is 1. The van der Waals surface area contributed by atoms with Crippen LogP contribution in [0.25, 0.3) is 0 Å². The molecule has 1 aromatic rings. The minimum Gasteiger partial charge on any atom is -0.444 e. The standard InChI is InChI=1S/C18H24ClNO3/c1-17(2,3)23-16(22)20-12-18(11-7-6-10-15(18)21)13-8-4-5-9-14(13)19/h4-5,8-9H,6-7,10-12H2,1-3H3,(H,20,22)/t18-/m1/s1. The lowest BCUT2D eigenvalue weighted by molar-refractivity contribution is -0.126. The summed E-state index contributed by atoms with van der Waals surface area (Å²) in [5, 5.41) is 3.33. The molecule has 1 N–H and O–H groups in total. The number of ketones is 1. The number of Topliss-reactive ketones (excluding diaryl/α,β-unsaturated/α-hetero) is 1. The summed E-state index contributed by atoms with van der Waals surface area (Å²) in [6, 6.07) is 7.38. The molecule has 126 valence electrons. The Balaban J connectivity index is 2.24. The fourth-order valence-corrected chi connectivity index (χ4v) is 3.36. The van der Waals surface area contributed by atoms with Gasteiger partial charge in [0.2, 0.25) is 0 Å². The molecule has 23 heavy (non-hydrogen) atoms. The number of hydrogen-bond donors (Lipinski definition) is 1. The van der Waals surface area contributed by atoms with Crippen molar-refractivity contribution in [3.05, 3.63) is 34.9 Å². The summed E-state index contributed by atoms with van der Waals surface area (Å²) < 4.78 is 5.28. The van der Waals surface area contributed by atoms with E-state index in [0.717, 1.165) is 18.4 Å². The van der Waals surface area contributed by atoms with Gasteiger partial charge in [-0.1, -0.05) is 36.2 Å². The van der Waals surface area contributed by atoms with E-state index in [9.17, 15) is 9.59 Å². The molecule has 1 aliphatic rings. The highest BCUT2D eigenvalue weighted by molar-refractivity contribution is 6.31. The lowest BCUT2D eigenvalue weighted by Gasteiger charge is -2.37. The molecule has 0 spiro atoms. The molecule has 4 nitrogen and oxygen atoms in total. The van der Waals surface area contributed by atoms with Gasteiger partial charge in [-0.25, -0.2) is 4.79 Å². The third-order valence-electron chi connectivity index (χ3n) is 4.11. The predicted octanol–water partition coefficient (Wildman–Crippen LogP) is 4.25. The number of carbonyl (C=O) groups is 2. The first-order chi connectivity index (χ1) is 10.7. The van der Waals surface area contributed by atoms with E-state index in [1.54, 1.807) is 6.07 Å². The van der Waals surface area contributed by atoms with Gasteiger partial charge in [-0.2, -0.15) is 0 Å². The van der Waals surface area contributed by atoms with Crippen molar-refractivity contribution in [3.63, 3.8) is 0 Å². The third-order valence-corrected chi connectivity index (χ3v) is 4.44. The van der Waals surface area contributed by atoms with E-state index in [-0.39, 0.29) is 12.3 Å². The van der Waals surface area contributed by atoms with Gasteiger partial charge in [-0.3, -0.25) is 4.79 Å². The molecule has 1 fully saturated rings. The Morgan fingerprint density at radius 3 is 2.61 bits per heavy atom. The Kier molecular flexibility index (Phi) is 5.35. The molecule has 0 heterocycles. The molecule has 0 unspecified atom stereocenters. The van der Waals surface area contributed by atoms with Gasteiger partial charge in [0.1, 0.15) is 11.4 Å². The Morgan fingerprint density at radius 1 is 1.30 bits per heavy atom. The lowest BCUT2D eigenvalue weighted by Crippen LogP contribution is -2.49. The maximum Gasteiger partial charge on any atom is 0.407 e. The second kappa shape index (κ2) is 6.91. The first kappa shape index (κ1) is 17.8.